The Morgan fingerprint density at radius 1 is 1.19 bits per heavy atom. The van der Waals surface area contributed by atoms with E-state index in [4.69, 9.17) is 4.74 Å². The standard InChI is InChI=1S/C19H27N3O5/c1-15(23)22(17-5-3-16(4-6-17)19(25)26-2)9-7-18(24)20-8-10-21-11-13-27-14-12-21/h3-6H,7-14H2,1-2H3,(H,20,24). The monoisotopic (exact) mass is 377 g/mol. The van der Waals surface area contributed by atoms with Crippen molar-refractivity contribution >= 4 is 23.5 Å². The van der Waals surface area contributed by atoms with Crippen molar-refractivity contribution in [2.24, 2.45) is 0 Å². The van der Waals surface area contributed by atoms with Crippen LogP contribution in [0, 0.1) is 0 Å². The van der Waals surface area contributed by atoms with E-state index in [1.165, 1.54) is 18.9 Å². The average molecular weight is 377 g/mol. The predicted octanol–water partition coefficient (Wildman–Crippen LogP) is 0.665. The van der Waals surface area contributed by atoms with Crippen molar-refractivity contribution < 1.29 is 23.9 Å². The molecule has 1 N–H and O–H groups in total. The Kier molecular flexibility index (Phi) is 8.22. The Morgan fingerprint density at radius 3 is 2.44 bits per heavy atom. The summed E-state index contributed by atoms with van der Waals surface area (Å²) < 4.78 is 9.95. The topological polar surface area (TPSA) is 88.2 Å². The minimum Gasteiger partial charge on any atom is -0.465 e. The first-order valence-electron chi connectivity index (χ1n) is 9.04. The Balaban J connectivity index is 1.80. The number of amides is 2. The number of hydrogen-bond acceptors (Lipinski definition) is 6. The van der Waals surface area contributed by atoms with E-state index in [0.717, 1.165) is 32.8 Å². The normalized spacial score (nSPS) is 14.4. The molecule has 1 aromatic carbocycles. The lowest BCUT2D eigenvalue weighted by Gasteiger charge is -2.26. The van der Waals surface area contributed by atoms with Gasteiger partial charge in [0.05, 0.1) is 25.9 Å². The molecule has 27 heavy (non-hydrogen) atoms. The zero-order chi connectivity index (χ0) is 19.6. The second-order valence-corrected chi connectivity index (χ2v) is 6.26. The lowest BCUT2D eigenvalue weighted by atomic mass is 10.2. The number of benzene rings is 1. The van der Waals surface area contributed by atoms with Gasteiger partial charge in [0.15, 0.2) is 0 Å². The zero-order valence-electron chi connectivity index (χ0n) is 15.9. The number of anilines is 1. The minimum absolute atomic E-state index is 0.0966. The molecule has 2 amide bonds. The van der Waals surface area contributed by atoms with Crippen molar-refractivity contribution in [1.29, 1.82) is 0 Å². The largest absolute Gasteiger partial charge is 0.465 e. The summed E-state index contributed by atoms with van der Waals surface area (Å²) in [5.41, 5.74) is 1.04. The fourth-order valence-corrected chi connectivity index (χ4v) is 2.84. The van der Waals surface area contributed by atoms with Crippen molar-refractivity contribution in [2.45, 2.75) is 13.3 Å². The molecule has 8 heteroatoms. The Bertz CT molecular complexity index is 641. The van der Waals surface area contributed by atoms with E-state index in [0.29, 0.717) is 17.8 Å². The molecule has 1 aliphatic heterocycles. The molecule has 1 heterocycles. The van der Waals surface area contributed by atoms with Gasteiger partial charge in [-0.2, -0.15) is 0 Å². The van der Waals surface area contributed by atoms with E-state index in [1.807, 2.05) is 0 Å². The van der Waals surface area contributed by atoms with E-state index < -0.39 is 5.97 Å². The van der Waals surface area contributed by atoms with E-state index in [1.54, 1.807) is 24.3 Å². The number of morpholine rings is 1. The van der Waals surface area contributed by atoms with E-state index >= 15 is 0 Å². The summed E-state index contributed by atoms with van der Waals surface area (Å²) in [7, 11) is 1.32. The van der Waals surface area contributed by atoms with Gasteiger partial charge in [0.1, 0.15) is 0 Å². The molecule has 0 saturated carbocycles. The van der Waals surface area contributed by atoms with Gasteiger partial charge in [0.25, 0.3) is 0 Å². The number of methoxy groups -OCH3 is 1. The van der Waals surface area contributed by atoms with Gasteiger partial charge in [-0.3, -0.25) is 14.5 Å². The number of esters is 1. The van der Waals surface area contributed by atoms with Crippen LogP contribution in [0.25, 0.3) is 0 Å². The Labute approximate surface area is 159 Å². The van der Waals surface area contributed by atoms with Crippen LogP contribution < -0.4 is 10.2 Å². The molecule has 1 fully saturated rings. The van der Waals surface area contributed by atoms with Gasteiger partial charge < -0.3 is 19.7 Å². The van der Waals surface area contributed by atoms with Crippen molar-refractivity contribution in [2.75, 3.05) is 57.9 Å². The summed E-state index contributed by atoms with van der Waals surface area (Å²) in [5.74, 6) is -0.696. The van der Waals surface area contributed by atoms with Crippen LogP contribution in [-0.2, 0) is 19.1 Å². The molecule has 0 unspecified atom stereocenters. The molecule has 0 spiro atoms. The summed E-state index contributed by atoms with van der Waals surface area (Å²) in [5, 5.41) is 2.89. The smallest absolute Gasteiger partial charge is 0.337 e. The van der Waals surface area contributed by atoms with Crippen LogP contribution in [-0.4, -0.2) is 75.7 Å². The number of carbonyl (C=O) groups excluding carboxylic acids is 3. The second kappa shape index (κ2) is 10.6. The molecule has 148 valence electrons. The lowest BCUT2D eigenvalue weighted by Crippen LogP contribution is -2.42. The van der Waals surface area contributed by atoms with Gasteiger partial charge >= 0.3 is 5.97 Å². The highest BCUT2D eigenvalue weighted by atomic mass is 16.5. The molecular formula is C19H27N3O5. The predicted molar refractivity (Wildman–Crippen MR) is 101 cm³/mol. The zero-order valence-corrected chi connectivity index (χ0v) is 15.9. The maximum atomic E-state index is 12.1. The molecule has 2 rings (SSSR count). The highest BCUT2D eigenvalue weighted by Gasteiger charge is 2.15. The van der Waals surface area contributed by atoms with E-state index in [2.05, 4.69) is 15.0 Å². The first-order valence-corrected chi connectivity index (χ1v) is 9.04. The summed E-state index contributed by atoms with van der Waals surface area (Å²) in [4.78, 5) is 39.3. The molecule has 1 aliphatic rings. The third-order valence-electron chi connectivity index (χ3n) is 4.40. The van der Waals surface area contributed by atoms with Crippen LogP contribution in [0.1, 0.15) is 23.7 Å². The number of hydrogen-bond donors (Lipinski definition) is 1. The van der Waals surface area contributed by atoms with Crippen LogP contribution in [0.3, 0.4) is 0 Å². The number of ether oxygens (including phenoxy) is 2. The maximum absolute atomic E-state index is 12.1. The molecule has 0 aromatic heterocycles. The molecule has 8 nitrogen and oxygen atoms in total. The molecule has 0 bridgehead atoms. The molecular weight excluding hydrogens is 350 g/mol. The Morgan fingerprint density at radius 2 is 1.85 bits per heavy atom. The summed E-state index contributed by atoms with van der Waals surface area (Å²) in [6, 6.07) is 6.53. The fourth-order valence-electron chi connectivity index (χ4n) is 2.84. The minimum atomic E-state index is -0.435. The number of nitrogens with one attached hydrogen (secondary N) is 1. The van der Waals surface area contributed by atoms with Gasteiger partial charge in [-0.25, -0.2) is 4.79 Å². The highest BCUT2D eigenvalue weighted by molar-refractivity contribution is 5.94. The van der Waals surface area contributed by atoms with Gasteiger partial charge in [-0.1, -0.05) is 0 Å². The summed E-state index contributed by atoms with van der Waals surface area (Å²) in [6.45, 7) is 6.33. The summed E-state index contributed by atoms with van der Waals surface area (Å²) in [6.07, 6.45) is 0.210. The molecule has 0 aliphatic carbocycles. The lowest BCUT2D eigenvalue weighted by molar-refractivity contribution is -0.121. The average Bonchev–Trinajstić information content (AvgIpc) is 2.68. The van der Waals surface area contributed by atoms with Crippen molar-refractivity contribution in [3.63, 3.8) is 0 Å². The van der Waals surface area contributed by atoms with Crippen LogP contribution >= 0.6 is 0 Å². The van der Waals surface area contributed by atoms with Gasteiger partial charge in [-0.05, 0) is 24.3 Å². The third-order valence-corrected chi connectivity index (χ3v) is 4.40. The van der Waals surface area contributed by atoms with Gasteiger partial charge in [0, 0.05) is 51.8 Å². The highest BCUT2D eigenvalue weighted by Crippen LogP contribution is 2.16. The maximum Gasteiger partial charge on any atom is 0.337 e. The van der Waals surface area contributed by atoms with Crippen molar-refractivity contribution in [1.82, 2.24) is 10.2 Å². The molecule has 0 atom stereocenters. The molecule has 0 radical (unpaired) electrons. The van der Waals surface area contributed by atoms with E-state index in [-0.39, 0.29) is 24.8 Å². The fraction of sp³-hybridized carbons (Fsp3) is 0.526. The van der Waals surface area contributed by atoms with Gasteiger partial charge in [-0.15, -0.1) is 0 Å². The van der Waals surface area contributed by atoms with Crippen LogP contribution in [0.4, 0.5) is 5.69 Å². The van der Waals surface area contributed by atoms with Crippen molar-refractivity contribution in [3.8, 4) is 0 Å². The van der Waals surface area contributed by atoms with Crippen molar-refractivity contribution in [3.05, 3.63) is 29.8 Å². The second-order valence-electron chi connectivity index (χ2n) is 6.26. The molecule has 1 saturated heterocycles. The first kappa shape index (κ1) is 20.9. The SMILES string of the molecule is COC(=O)c1ccc(N(CCC(=O)NCCN2CCOCC2)C(C)=O)cc1. The van der Waals surface area contributed by atoms with Gasteiger partial charge in [0.2, 0.25) is 11.8 Å². The van der Waals surface area contributed by atoms with Crippen LogP contribution in [0.5, 0.6) is 0 Å². The van der Waals surface area contributed by atoms with Crippen LogP contribution in [0.15, 0.2) is 24.3 Å². The number of rotatable bonds is 8. The van der Waals surface area contributed by atoms with E-state index in [9.17, 15) is 14.4 Å². The van der Waals surface area contributed by atoms with Crippen LogP contribution in [0.2, 0.25) is 0 Å². The number of carbonyl (C=O) groups is 3. The molecule has 1 aromatic rings. The quantitative estimate of drug-likeness (QED) is 0.670. The summed E-state index contributed by atoms with van der Waals surface area (Å²) >= 11 is 0. The third kappa shape index (κ3) is 6.65. The first-order chi connectivity index (χ1) is 13.0. The Hall–Kier alpha value is -2.45. The number of nitrogens with zero attached hydrogens (tertiary/aromatic N) is 2.